The van der Waals surface area contributed by atoms with Crippen LogP contribution in [0.5, 0.6) is 11.5 Å². The molecule has 0 saturated carbocycles. The van der Waals surface area contributed by atoms with E-state index in [4.69, 9.17) is 14.2 Å². The maximum absolute atomic E-state index is 13.4. The second-order valence-electron chi connectivity index (χ2n) is 10.1. The molecule has 2 aromatic heterocycles. The van der Waals surface area contributed by atoms with E-state index in [9.17, 15) is 4.79 Å². The van der Waals surface area contributed by atoms with Crippen LogP contribution in [0.1, 0.15) is 39.8 Å². The van der Waals surface area contributed by atoms with Crippen LogP contribution in [0.4, 0.5) is 0 Å². The monoisotopic (exact) mass is 498 g/mol. The first-order chi connectivity index (χ1) is 18.1. The first-order valence-electron chi connectivity index (χ1n) is 12.9. The first-order valence-corrected chi connectivity index (χ1v) is 12.9. The van der Waals surface area contributed by atoms with E-state index in [1.54, 1.807) is 0 Å². The number of H-pyrrole nitrogens is 1. The lowest BCUT2D eigenvalue weighted by molar-refractivity contribution is 0.0383. The number of rotatable bonds is 5. The van der Waals surface area contributed by atoms with Gasteiger partial charge in [0.05, 0.1) is 24.5 Å². The number of fused-ring (bicyclic) bond motifs is 5. The number of aromatic amines is 1. The van der Waals surface area contributed by atoms with Gasteiger partial charge in [-0.05, 0) is 42.3 Å². The molecule has 1 atom stereocenters. The van der Waals surface area contributed by atoms with Crippen LogP contribution < -0.4 is 14.8 Å². The molecule has 4 aromatic rings. The minimum Gasteiger partial charge on any atom is -0.454 e. The Morgan fingerprint density at radius 2 is 1.92 bits per heavy atom. The van der Waals surface area contributed by atoms with Gasteiger partial charge in [-0.25, -0.2) is 0 Å². The Hall–Kier alpha value is -3.75. The summed E-state index contributed by atoms with van der Waals surface area (Å²) in [6.07, 6.45) is 2.73. The molecule has 1 fully saturated rings. The lowest BCUT2D eigenvalue weighted by atomic mass is 9.81. The maximum atomic E-state index is 13.4. The highest BCUT2D eigenvalue weighted by atomic mass is 16.7. The van der Waals surface area contributed by atoms with Crippen molar-refractivity contribution in [1.29, 1.82) is 0 Å². The highest BCUT2D eigenvalue weighted by Gasteiger charge is 2.42. The molecule has 8 heteroatoms. The Labute approximate surface area is 215 Å². The summed E-state index contributed by atoms with van der Waals surface area (Å²) in [5.41, 5.74) is 5.71. The van der Waals surface area contributed by atoms with Gasteiger partial charge >= 0.3 is 0 Å². The number of hydrogen-bond donors (Lipinski definition) is 2. The zero-order valence-electron chi connectivity index (χ0n) is 20.9. The summed E-state index contributed by atoms with van der Waals surface area (Å²) in [6, 6.07) is 16.5. The molecule has 0 spiro atoms. The van der Waals surface area contributed by atoms with Crippen LogP contribution in [0.3, 0.4) is 0 Å². The molecule has 1 saturated heterocycles. The third kappa shape index (κ3) is 3.54. The predicted octanol–water partition coefficient (Wildman–Crippen LogP) is 3.48. The predicted molar refractivity (Wildman–Crippen MR) is 140 cm³/mol. The van der Waals surface area contributed by atoms with Gasteiger partial charge in [0, 0.05) is 55.4 Å². The molecule has 37 heavy (non-hydrogen) atoms. The van der Waals surface area contributed by atoms with Crippen molar-refractivity contribution in [2.24, 2.45) is 0 Å². The summed E-state index contributed by atoms with van der Waals surface area (Å²) in [5, 5.41) is 4.35. The SMILES string of the molecule is C[C@@]1(c2ccc3c(c2)OCO3)c2[nH]c3ccccc3c2Cc2c(C(=O)NCCN3CCOCC3)ccn21. The molecule has 2 N–H and O–H groups in total. The van der Waals surface area contributed by atoms with Gasteiger partial charge in [-0.15, -0.1) is 0 Å². The Bertz CT molecular complexity index is 1500. The number of hydrogen-bond acceptors (Lipinski definition) is 5. The smallest absolute Gasteiger partial charge is 0.253 e. The van der Waals surface area contributed by atoms with E-state index in [2.05, 4.69) is 63.1 Å². The number of aromatic nitrogens is 2. The van der Waals surface area contributed by atoms with Crippen molar-refractivity contribution in [1.82, 2.24) is 19.8 Å². The van der Waals surface area contributed by atoms with Crippen molar-refractivity contribution >= 4 is 16.8 Å². The van der Waals surface area contributed by atoms with E-state index in [0.717, 1.165) is 72.4 Å². The van der Waals surface area contributed by atoms with Crippen LogP contribution in [-0.4, -0.2) is 66.5 Å². The molecule has 5 heterocycles. The number of nitrogens with zero attached hydrogens (tertiary/aromatic N) is 2. The standard InChI is InChI=1S/C29H30N4O4/c1-29(19-6-7-25-26(16-19)37-18-36-25)27-22(20-4-2-3-5-23(20)31-27)17-24-21(8-10-33(24)29)28(34)30-9-11-32-12-14-35-15-13-32/h2-8,10,16,31H,9,11-15,17-18H2,1H3,(H,30,34)/t29-/m1/s1. The zero-order chi connectivity index (χ0) is 25.0. The van der Waals surface area contributed by atoms with E-state index in [1.807, 2.05) is 18.3 Å². The maximum Gasteiger partial charge on any atom is 0.253 e. The summed E-state index contributed by atoms with van der Waals surface area (Å²) < 4.78 is 19.0. The molecule has 0 bridgehead atoms. The van der Waals surface area contributed by atoms with Crippen LogP contribution in [-0.2, 0) is 16.7 Å². The number of morpholine rings is 1. The lowest BCUT2D eigenvalue weighted by Crippen LogP contribution is -2.41. The fraction of sp³-hybridized carbons (Fsp3) is 0.345. The molecule has 2 aromatic carbocycles. The van der Waals surface area contributed by atoms with Gasteiger partial charge in [-0.1, -0.05) is 24.3 Å². The number of nitrogens with one attached hydrogen (secondary N) is 2. The molecule has 0 aliphatic carbocycles. The number of ether oxygens (including phenoxy) is 3. The van der Waals surface area contributed by atoms with Crippen LogP contribution >= 0.6 is 0 Å². The summed E-state index contributed by atoms with van der Waals surface area (Å²) in [6.45, 7) is 7.22. The van der Waals surface area contributed by atoms with Gasteiger partial charge in [0.25, 0.3) is 5.91 Å². The van der Waals surface area contributed by atoms with Gasteiger partial charge in [0.2, 0.25) is 6.79 Å². The van der Waals surface area contributed by atoms with Crippen molar-refractivity contribution in [2.75, 3.05) is 46.2 Å². The van der Waals surface area contributed by atoms with Crippen molar-refractivity contribution in [3.05, 3.63) is 82.8 Å². The third-order valence-electron chi connectivity index (χ3n) is 8.12. The lowest BCUT2D eigenvalue weighted by Gasteiger charge is -2.38. The average Bonchev–Trinajstić information content (AvgIpc) is 3.66. The van der Waals surface area contributed by atoms with Gasteiger partial charge in [0.1, 0.15) is 5.54 Å². The Morgan fingerprint density at radius 3 is 2.81 bits per heavy atom. The number of amides is 1. The molecule has 7 rings (SSSR count). The van der Waals surface area contributed by atoms with Crippen molar-refractivity contribution in [3.8, 4) is 11.5 Å². The number of para-hydroxylation sites is 1. The van der Waals surface area contributed by atoms with Crippen LogP contribution in [0, 0.1) is 0 Å². The summed E-state index contributed by atoms with van der Waals surface area (Å²) >= 11 is 0. The van der Waals surface area contributed by atoms with Gasteiger partial charge in [-0.3, -0.25) is 9.69 Å². The minimum atomic E-state index is -0.560. The fourth-order valence-electron chi connectivity index (χ4n) is 6.09. The molecule has 8 nitrogen and oxygen atoms in total. The minimum absolute atomic E-state index is 0.0293. The van der Waals surface area contributed by atoms with E-state index in [-0.39, 0.29) is 12.7 Å². The van der Waals surface area contributed by atoms with E-state index in [1.165, 1.54) is 10.9 Å². The first kappa shape index (κ1) is 22.4. The zero-order valence-corrected chi connectivity index (χ0v) is 20.9. The van der Waals surface area contributed by atoms with Crippen molar-refractivity contribution in [3.63, 3.8) is 0 Å². The Morgan fingerprint density at radius 1 is 1.08 bits per heavy atom. The molecule has 3 aliphatic rings. The Kier molecular flexibility index (Phi) is 5.26. The molecule has 0 radical (unpaired) electrons. The number of carbonyl (C=O) groups is 1. The van der Waals surface area contributed by atoms with Crippen molar-refractivity contribution in [2.45, 2.75) is 18.9 Å². The molecular weight excluding hydrogens is 468 g/mol. The molecule has 0 unspecified atom stereocenters. The molecule has 190 valence electrons. The van der Waals surface area contributed by atoms with Gasteiger partial charge in [0.15, 0.2) is 11.5 Å². The van der Waals surface area contributed by atoms with E-state index < -0.39 is 5.54 Å². The van der Waals surface area contributed by atoms with E-state index >= 15 is 0 Å². The highest BCUT2D eigenvalue weighted by Crippen LogP contribution is 2.46. The summed E-state index contributed by atoms with van der Waals surface area (Å²) in [4.78, 5) is 19.5. The van der Waals surface area contributed by atoms with E-state index in [0.29, 0.717) is 13.0 Å². The average molecular weight is 499 g/mol. The van der Waals surface area contributed by atoms with Gasteiger partial charge in [-0.2, -0.15) is 0 Å². The third-order valence-corrected chi connectivity index (χ3v) is 8.12. The van der Waals surface area contributed by atoms with Crippen LogP contribution in [0.2, 0.25) is 0 Å². The Balaban J connectivity index is 1.28. The molecular formula is C29H30N4O4. The second kappa shape index (κ2) is 8.68. The normalized spacial score (nSPS) is 20.6. The molecule has 3 aliphatic heterocycles. The van der Waals surface area contributed by atoms with Gasteiger partial charge < -0.3 is 29.1 Å². The largest absolute Gasteiger partial charge is 0.454 e. The summed E-state index contributed by atoms with van der Waals surface area (Å²) in [7, 11) is 0. The number of benzene rings is 2. The molecule has 1 amide bonds. The highest BCUT2D eigenvalue weighted by molar-refractivity contribution is 5.96. The summed E-state index contributed by atoms with van der Waals surface area (Å²) in [5.74, 6) is 1.48. The fourth-order valence-corrected chi connectivity index (χ4v) is 6.09. The van der Waals surface area contributed by atoms with Crippen molar-refractivity contribution < 1.29 is 19.0 Å². The second-order valence-corrected chi connectivity index (χ2v) is 10.1. The quantitative estimate of drug-likeness (QED) is 0.441. The van der Waals surface area contributed by atoms with Crippen LogP contribution in [0.25, 0.3) is 10.9 Å². The van der Waals surface area contributed by atoms with Crippen LogP contribution in [0.15, 0.2) is 54.7 Å². The number of carbonyl (C=O) groups excluding carboxylic acids is 1. The topological polar surface area (TPSA) is 80.8 Å².